The molecule has 0 radical (unpaired) electrons. The number of carbonyl (C=O) groups is 2. The van der Waals surface area contributed by atoms with E-state index in [0.717, 1.165) is 49.7 Å². The van der Waals surface area contributed by atoms with Crippen LogP contribution in [-0.2, 0) is 16.0 Å². The summed E-state index contributed by atoms with van der Waals surface area (Å²) in [6.45, 7) is 3.48. The van der Waals surface area contributed by atoms with Crippen molar-refractivity contribution in [1.82, 2.24) is 5.32 Å². The summed E-state index contributed by atoms with van der Waals surface area (Å²) in [6.07, 6.45) is 5.19. The number of amides is 1. The van der Waals surface area contributed by atoms with E-state index in [2.05, 4.69) is 12.2 Å². The predicted octanol–water partition coefficient (Wildman–Crippen LogP) is 3.00. The van der Waals surface area contributed by atoms with Gasteiger partial charge in [-0.25, -0.2) is 4.79 Å². The van der Waals surface area contributed by atoms with Crippen molar-refractivity contribution in [3.63, 3.8) is 0 Å². The lowest BCUT2D eigenvalue weighted by molar-refractivity contribution is -0.140. The van der Waals surface area contributed by atoms with Crippen molar-refractivity contribution >= 4 is 23.6 Å². The molecule has 4 rings (SSSR count). The number of carbonyl (C=O) groups excluding carboxylic acids is 1. The highest BCUT2D eigenvalue weighted by Gasteiger charge is 2.54. The fraction of sp³-hybridized carbons (Fsp3) is 0.652. The van der Waals surface area contributed by atoms with E-state index in [4.69, 9.17) is 0 Å². The fourth-order valence-electron chi connectivity index (χ4n) is 6.38. The van der Waals surface area contributed by atoms with Crippen molar-refractivity contribution in [2.24, 2.45) is 17.3 Å². The number of nitrogens with one attached hydrogen (secondary N) is 1. The van der Waals surface area contributed by atoms with Crippen LogP contribution in [0.5, 0.6) is 11.5 Å². The van der Waals surface area contributed by atoms with Gasteiger partial charge in [0.15, 0.2) is 11.5 Å². The molecule has 2 saturated carbocycles. The molecule has 1 amide bonds. The number of phenols is 2. The molecule has 170 valence electrons. The van der Waals surface area contributed by atoms with Crippen molar-refractivity contribution in [3.05, 3.63) is 17.2 Å². The van der Waals surface area contributed by atoms with Gasteiger partial charge in [0, 0.05) is 12.7 Å². The van der Waals surface area contributed by atoms with Crippen molar-refractivity contribution in [3.8, 4) is 11.5 Å². The lowest BCUT2D eigenvalue weighted by Gasteiger charge is -2.50. The molecule has 0 bridgehead atoms. The van der Waals surface area contributed by atoms with E-state index in [1.807, 2.05) is 0 Å². The number of aromatic hydroxyl groups is 2. The van der Waals surface area contributed by atoms with E-state index in [-0.39, 0.29) is 34.7 Å². The minimum absolute atomic E-state index is 0.0394. The van der Waals surface area contributed by atoms with Gasteiger partial charge in [-0.1, -0.05) is 6.92 Å². The zero-order valence-electron chi connectivity index (χ0n) is 17.9. The van der Waals surface area contributed by atoms with Gasteiger partial charge in [-0.15, -0.1) is 11.8 Å². The molecule has 6 atom stereocenters. The number of carboxylic acids is 1. The second kappa shape index (κ2) is 8.20. The lowest BCUT2D eigenvalue weighted by atomic mass is 9.55. The summed E-state index contributed by atoms with van der Waals surface area (Å²) >= 11 is 1.17. The van der Waals surface area contributed by atoms with Crippen molar-refractivity contribution in [1.29, 1.82) is 0 Å². The molecule has 1 aromatic rings. The van der Waals surface area contributed by atoms with Gasteiger partial charge in [-0.3, -0.25) is 4.79 Å². The molecule has 0 aromatic heterocycles. The highest BCUT2D eigenvalue weighted by atomic mass is 32.2. The highest BCUT2D eigenvalue weighted by molar-refractivity contribution is 7.99. The maximum absolute atomic E-state index is 11.5. The first-order chi connectivity index (χ1) is 14.6. The molecule has 31 heavy (non-hydrogen) atoms. The molecule has 5 N–H and O–H groups in total. The van der Waals surface area contributed by atoms with E-state index < -0.39 is 17.9 Å². The van der Waals surface area contributed by atoms with Crippen LogP contribution in [0.4, 0.5) is 0 Å². The monoisotopic (exact) mass is 449 g/mol. The van der Waals surface area contributed by atoms with E-state index in [0.29, 0.717) is 16.7 Å². The van der Waals surface area contributed by atoms with Gasteiger partial charge in [0.05, 0.1) is 11.0 Å². The van der Waals surface area contributed by atoms with Gasteiger partial charge in [-0.05, 0) is 78.9 Å². The maximum atomic E-state index is 11.5. The van der Waals surface area contributed by atoms with Crippen LogP contribution in [0.3, 0.4) is 0 Å². The molecular formula is C23H31NO6S. The number of carboxylic acid groups (broad SMARTS) is 1. The van der Waals surface area contributed by atoms with Crippen molar-refractivity contribution < 1.29 is 30.0 Å². The van der Waals surface area contributed by atoms with Gasteiger partial charge in [0.25, 0.3) is 0 Å². The van der Waals surface area contributed by atoms with E-state index in [1.165, 1.54) is 18.7 Å². The normalized spacial score (nSPS) is 32.5. The minimum Gasteiger partial charge on any atom is -0.504 e. The van der Waals surface area contributed by atoms with Gasteiger partial charge in [-0.2, -0.15) is 0 Å². The quantitative estimate of drug-likeness (QED) is 0.345. The van der Waals surface area contributed by atoms with Crippen LogP contribution in [0.2, 0.25) is 0 Å². The minimum atomic E-state index is -1.14. The third kappa shape index (κ3) is 3.78. The zero-order valence-corrected chi connectivity index (χ0v) is 18.7. The molecule has 0 heterocycles. The Bertz CT molecular complexity index is 905. The predicted molar refractivity (Wildman–Crippen MR) is 116 cm³/mol. The summed E-state index contributed by atoms with van der Waals surface area (Å²) in [4.78, 5) is 23.3. The number of fused-ring (bicyclic) bond motifs is 5. The largest absolute Gasteiger partial charge is 0.504 e. The van der Waals surface area contributed by atoms with Gasteiger partial charge < -0.3 is 25.7 Å². The first kappa shape index (κ1) is 22.3. The van der Waals surface area contributed by atoms with Crippen molar-refractivity contribution in [2.45, 2.75) is 75.3 Å². The summed E-state index contributed by atoms with van der Waals surface area (Å²) < 4.78 is 0. The number of hydrogen-bond acceptors (Lipinski definition) is 6. The molecule has 8 heteroatoms. The Hall–Kier alpha value is -1.93. The Morgan fingerprint density at radius 1 is 1.26 bits per heavy atom. The third-order valence-corrected chi connectivity index (χ3v) is 9.19. The topological polar surface area (TPSA) is 127 Å². The van der Waals surface area contributed by atoms with Crippen LogP contribution >= 0.6 is 11.8 Å². The molecule has 3 aliphatic carbocycles. The first-order valence-electron chi connectivity index (χ1n) is 11.0. The number of rotatable bonds is 5. The fourth-order valence-corrected chi connectivity index (χ4v) is 7.58. The Morgan fingerprint density at radius 3 is 2.68 bits per heavy atom. The molecule has 0 saturated heterocycles. The third-order valence-electron chi connectivity index (χ3n) is 7.96. The summed E-state index contributed by atoms with van der Waals surface area (Å²) in [6, 6.07) is 0.605. The van der Waals surface area contributed by atoms with Crippen LogP contribution in [0.25, 0.3) is 0 Å². The molecule has 3 aliphatic rings. The second-order valence-electron chi connectivity index (χ2n) is 9.60. The molecule has 0 unspecified atom stereocenters. The summed E-state index contributed by atoms with van der Waals surface area (Å²) in [5.41, 5.74) is 1.99. The van der Waals surface area contributed by atoms with E-state index in [9.17, 15) is 30.0 Å². The van der Waals surface area contributed by atoms with Gasteiger partial charge in [0.1, 0.15) is 6.04 Å². The van der Waals surface area contributed by atoms with Crippen LogP contribution in [-0.4, -0.2) is 50.2 Å². The standard InChI is InChI=1S/C23H31NO6S/c1-11(25)24-17(22(29)30)10-31-21-14-4-3-13-12(15(14)9-18(26)20(21)28)7-8-23(2)16(13)5-6-19(23)27/h9,12-13,16-17,19,26-28H,3-8,10H2,1-2H3,(H,24,25)(H,29,30)/t12-,13+,16-,17+,19-,23-/m0/s1. The zero-order chi connectivity index (χ0) is 22.5. The summed E-state index contributed by atoms with van der Waals surface area (Å²) in [5.74, 6) is -0.749. The van der Waals surface area contributed by atoms with E-state index in [1.54, 1.807) is 6.07 Å². The van der Waals surface area contributed by atoms with Gasteiger partial charge >= 0.3 is 5.97 Å². The number of phenolic OH excluding ortho intramolecular Hbond substituents is 2. The number of hydrogen-bond donors (Lipinski definition) is 5. The Morgan fingerprint density at radius 2 is 2.00 bits per heavy atom. The highest BCUT2D eigenvalue weighted by Crippen LogP contribution is 2.62. The van der Waals surface area contributed by atoms with Crippen molar-refractivity contribution in [2.75, 3.05) is 5.75 Å². The van der Waals surface area contributed by atoms with Gasteiger partial charge in [0.2, 0.25) is 5.91 Å². The number of aliphatic carboxylic acids is 1. The first-order valence-corrected chi connectivity index (χ1v) is 12.0. The molecule has 2 fully saturated rings. The Labute approximate surface area is 186 Å². The summed E-state index contributed by atoms with van der Waals surface area (Å²) in [7, 11) is 0. The number of benzene rings is 1. The number of aliphatic hydroxyl groups excluding tert-OH is 1. The smallest absolute Gasteiger partial charge is 0.327 e. The number of aliphatic hydroxyl groups is 1. The summed E-state index contributed by atoms with van der Waals surface area (Å²) in [5, 5.41) is 43.4. The van der Waals surface area contributed by atoms with Crippen LogP contribution in [0, 0.1) is 17.3 Å². The van der Waals surface area contributed by atoms with Crippen LogP contribution in [0.15, 0.2) is 11.0 Å². The van der Waals surface area contributed by atoms with E-state index >= 15 is 0 Å². The number of thioether (sulfide) groups is 1. The van der Waals surface area contributed by atoms with Crippen LogP contribution < -0.4 is 5.32 Å². The molecule has 1 aromatic carbocycles. The average Bonchev–Trinajstić information content (AvgIpc) is 3.01. The molecule has 7 nitrogen and oxygen atoms in total. The second-order valence-corrected chi connectivity index (χ2v) is 10.6. The molecule has 0 spiro atoms. The van der Waals surface area contributed by atoms with Crippen LogP contribution in [0.1, 0.15) is 63.0 Å². The Balaban J connectivity index is 1.63. The average molecular weight is 450 g/mol. The molecule has 0 aliphatic heterocycles. The lowest BCUT2D eigenvalue weighted by Crippen LogP contribution is -2.44. The Kier molecular flexibility index (Phi) is 5.89. The maximum Gasteiger partial charge on any atom is 0.327 e. The SMILES string of the molecule is CC(=O)N[C@H](CSc1c(O)c(O)cc2c1CC[C@@H]1[C@@H]2CC[C@]2(C)[C@@H](O)CC[C@@H]12)C(=O)O. The molecular weight excluding hydrogens is 418 g/mol.